The van der Waals surface area contributed by atoms with Gasteiger partial charge in [-0.25, -0.2) is 0 Å². The van der Waals surface area contributed by atoms with Gasteiger partial charge >= 0.3 is 5.97 Å². The number of nitrogens with zero attached hydrogens (tertiary/aromatic N) is 1. The molecule has 9 nitrogen and oxygen atoms in total. The molecule has 0 aromatic rings. The Hall–Kier alpha value is -1.26. The Morgan fingerprint density at radius 1 is 0.898 bits per heavy atom. The molecule has 1 amide bonds. The van der Waals surface area contributed by atoms with Crippen molar-refractivity contribution in [2.24, 2.45) is 69.1 Å². The Morgan fingerprint density at radius 3 is 2.16 bits per heavy atom. The average Bonchev–Trinajstić information content (AvgIpc) is 3.31. The van der Waals surface area contributed by atoms with E-state index >= 15 is 0 Å². The summed E-state index contributed by atoms with van der Waals surface area (Å²) in [6, 6.07) is 0. The number of nitrogens with one attached hydrogen (secondary N) is 1. The molecule has 0 saturated heterocycles. The Kier molecular flexibility index (Phi) is 14.1. The fraction of sp³-hybridized carbons (Fsp3) is 0.950. The lowest BCUT2D eigenvalue weighted by Gasteiger charge is -2.69. The Balaban J connectivity index is 1.61. The first-order chi connectivity index (χ1) is 23.1. The first-order valence-electron chi connectivity index (χ1n) is 20.1. The van der Waals surface area contributed by atoms with Crippen LogP contribution >= 0.6 is 0 Å². The monoisotopic (exact) mass is 691 g/mol. The number of amides is 1. The van der Waals surface area contributed by atoms with E-state index in [0.717, 1.165) is 90.3 Å². The summed E-state index contributed by atoms with van der Waals surface area (Å²) in [5, 5.41) is 26.5. The summed E-state index contributed by atoms with van der Waals surface area (Å²) in [5.74, 6) is 0.647. The lowest BCUT2D eigenvalue weighted by molar-refractivity contribution is -0.239. The first-order valence-corrected chi connectivity index (χ1v) is 20.1. The fourth-order valence-electron chi connectivity index (χ4n) is 12.2. The van der Waals surface area contributed by atoms with Crippen molar-refractivity contribution in [2.75, 3.05) is 39.3 Å². The van der Waals surface area contributed by atoms with Gasteiger partial charge in [-0.1, -0.05) is 54.4 Å². The minimum absolute atomic E-state index is 0.0652. The van der Waals surface area contributed by atoms with Crippen LogP contribution in [0.15, 0.2) is 0 Å². The van der Waals surface area contributed by atoms with Crippen LogP contribution in [0.3, 0.4) is 0 Å². The van der Waals surface area contributed by atoms with Crippen molar-refractivity contribution in [2.45, 2.75) is 144 Å². The maximum atomic E-state index is 14.4. The lowest BCUT2D eigenvalue weighted by Crippen LogP contribution is -2.66. The van der Waals surface area contributed by atoms with Crippen molar-refractivity contribution >= 4 is 11.9 Å². The van der Waals surface area contributed by atoms with Crippen LogP contribution in [-0.4, -0.2) is 84.6 Å². The van der Waals surface area contributed by atoms with Crippen molar-refractivity contribution in [3.63, 3.8) is 0 Å². The molecule has 0 bridgehead atoms. The molecule has 0 aromatic carbocycles. The van der Waals surface area contributed by atoms with Gasteiger partial charge in [-0.3, -0.25) is 9.59 Å². The first kappa shape index (κ1) is 40.5. The minimum Gasteiger partial charge on any atom is -0.462 e. The number of aliphatic hydroxyl groups excluding tert-OH is 2. The van der Waals surface area contributed by atoms with Crippen molar-refractivity contribution in [3.8, 4) is 0 Å². The third-order valence-electron chi connectivity index (χ3n) is 14.7. The SMILES string of the molecule is CC(=O)O[C@H]1C[C@@]2(C)[C@@H](C[C@@H](O)[C@H]3[C@@]4(C)CC[C@@H](O)[C@@H](C)[C@@H]4CC[C@@]32C)[C@@H]1[C@H](CCCC(C)C)C(=O)NCCCN(CCCN)CCCN. The van der Waals surface area contributed by atoms with Gasteiger partial charge in [-0.15, -0.1) is 0 Å². The van der Waals surface area contributed by atoms with E-state index in [9.17, 15) is 19.8 Å². The van der Waals surface area contributed by atoms with Crippen LogP contribution in [0.25, 0.3) is 0 Å². The molecule has 12 atom stereocenters. The molecule has 284 valence electrons. The quantitative estimate of drug-likeness (QED) is 0.105. The molecule has 4 saturated carbocycles. The van der Waals surface area contributed by atoms with Crippen molar-refractivity contribution in [1.82, 2.24) is 10.2 Å². The molecule has 0 aromatic heterocycles. The Labute approximate surface area is 298 Å². The van der Waals surface area contributed by atoms with Crippen molar-refractivity contribution in [3.05, 3.63) is 0 Å². The topological polar surface area (TPSA) is 151 Å². The maximum absolute atomic E-state index is 14.4. The van der Waals surface area contributed by atoms with Crippen LogP contribution < -0.4 is 16.8 Å². The fourth-order valence-corrected chi connectivity index (χ4v) is 12.2. The zero-order valence-corrected chi connectivity index (χ0v) is 32.2. The third kappa shape index (κ3) is 8.37. The normalized spacial score (nSPS) is 39.3. The standard InChI is InChI=1S/C40H74N4O5/c1-26(2)12-8-13-29(37(48)43-20-11-23-44(21-9-18-41)22-10-19-42)35-31-24-33(47)36-38(5)16-15-32(46)27(3)30(38)14-17-39(36,6)40(31,7)25-34(35)49-28(4)45/h26-27,29-36,46-47H,8-25,41-42H2,1-7H3,(H,43,48)/t27-,29-,30-,31-,32+,33+,34-,35-,36-,38-,39-,40-/m0/s1. The zero-order chi connectivity index (χ0) is 36.1. The van der Waals surface area contributed by atoms with E-state index in [1.807, 2.05) is 0 Å². The summed E-state index contributed by atoms with van der Waals surface area (Å²) in [6.45, 7) is 20.0. The molecule has 0 spiro atoms. The summed E-state index contributed by atoms with van der Waals surface area (Å²) in [6.07, 6.45) is 9.42. The minimum atomic E-state index is -0.496. The molecule has 7 N–H and O–H groups in total. The summed E-state index contributed by atoms with van der Waals surface area (Å²) < 4.78 is 6.23. The van der Waals surface area contributed by atoms with E-state index < -0.39 is 6.10 Å². The second kappa shape index (κ2) is 17.0. The van der Waals surface area contributed by atoms with Crippen LogP contribution in [0.5, 0.6) is 0 Å². The lowest BCUT2D eigenvalue weighted by atomic mass is 9.36. The van der Waals surface area contributed by atoms with Gasteiger partial charge in [-0.05, 0) is 143 Å². The summed E-state index contributed by atoms with van der Waals surface area (Å²) in [7, 11) is 0. The number of hydrogen-bond donors (Lipinski definition) is 5. The molecule has 4 rings (SSSR count). The van der Waals surface area contributed by atoms with Crippen LogP contribution in [0.4, 0.5) is 0 Å². The highest BCUT2D eigenvalue weighted by molar-refractivity contribution is 5.79. The number of aliphatic hydroxyl groups is 2. The van der Waals surface area contributed by atoms with Crippen LogP contribution in [0.2, 0.25) is 0 Å². The average molecular weight is 691 g/mol. The largest absolute Gasteiger partial charge is 0.462 e. The highest BCUT2D eigenvalue weighted by atomic mass is 16.5. The summed E-state index contributed by atoms with van der Waals surface area (Å²) in [4.78, 5) is 29.5. The molecule has 0 radical (unpaired) electrons. The predicted octanol–water partition coefficient (Wildman–Crippen LogP) is 5.10. The molecular formula is C40H74N4O5. The van der Waals surface area contributed by atoms with E-state index in [1.165, 1.54) is 6.92 Å². The van der Waals surface area contributed by atoms with Gasteiger partial charge in [0.1, 0.15) is 6.10 Å². The second-order valence-corrected chi connectivity index (χ2v) is 18.0. The molecule has 4 aliphatic rings. The molecule has 4 fully saturated rings. The Morgan fingerprint density at radius 2 is 1.55 bits per heavy atom. The summed E-state index contributed by atoms with van der Waals surface area (Å²) in [5.41, 5.74) is 11.1. The molecule has 9 heteroatoms. The number of ether oxygens (including phenoxy) is 1. The second-order valence-electron chi connectivity index (χ2n) is 18.0. The number of rotatable bonds is 17. The molecule has 4 aliphatic carbocycles. The van der Waals surface area contributed by atoms with E-state index in [0.29, 0.717) is 37.9 Å². The zero-order valence-electron chi connectivity index (χ0n) is 32.2. The van der Waals surface area contributed by atoms with E-state index in [2.05, 4.69) is 51.8 Å². The number of carbonyl (C=O) groups is 2. The van der Waals surface area contributed by atoms with Gasteiger partial charge < -0.3 is 36.6 Å². The predicted molar refractivity (Wildman–Crippen MR) is 196 cm³/mol. The number of esters is 1. The van der Waals surface area contributed by atoms with Gasteiger partial charge in [0.15, 0.2) is 0 Å². The third-order valence-corrected chi connectivity index (χ3v) is 14.7. The maximum Gasteiger partial charge on any atom is 0.302 e. The number of hydrogen-bond acceptors (Lipinski definition) is 8. The van der Waals surface area contributed by atoms with Crippen LogP contribution in [0.1, 0.15) is 126 Å². The molecule has 0 aliphatic heterocycles. The van der Waals surface area contributed by atoms with Crippen LogP contribution in [0, 0.1) is 57.7 Å². The number of carbonyl (C=O) groups excluding carboxylic acids is 2. The summed E-state index contributed by atoms with van der Waals surface area (Å²) >= 11 is 0. The smallest absolute Gasteiger partial charge is 0.302 e. The molecule has 0 unspecified atom stereocenters. The Bertz CT molecular complexity index is 1080. The van der Waals surface area contributed by atoms with Gasteiger partial charge in [0.25, 0.3) is 0 Å². The highest BCUT2D eigenvalue weighted by Crippen LogP contribution is 2.74. The number of fused-ring (bicyclic) bond motifs is 5. The molecule has 0 heterocycles. The van der Waals surface area contributed by atoms with E-state index in [1.54, 1.807) is 0 Å². The van der Waals surface area contributed by atoms with Crippen molar-refractivity contribution in [1.29, 1.82) is 0 Å². The van der Waals surface area contributed by atoms with Gasteiger partial charge in [0.05, 0.1) is 12.2 Å². The van der Waals surface area contributed by atoms with Gasteiger partial charge in [0, 0.05) is 25.3 Å². The highest BCUT2D eigenvalue weighted by Gasteiger charge is 2.72. The van der Waals surface area contributed by atoms with Gasteiger partial charge in [0.2, 0.25) is 5.91 Å². The number of nitrogens with two attached hydrogens (primary N) is 2. The van der Waals surface area contributed by atoms with Crippen LogP contribution in [-0.2, 0) is 14.3 Å². The van der Waals surface area contributed by atoms with E-state index in [-0.39, 0.29) is 69.9 Å². The van der Waals surface area contributed by atoms with E-state index in [4.69, 9.17) is 16.2 Å². The molecular weight excluding hydrogens is 616 g/mol. The van der Waals surface area contributed by atoms with Gasteiger partial charge in [-0.2, -0.15) is 0 Å². The molecule has 49 heavy (non-hydrogen) atoms. The van der Waals surface area contributed by atoms with Crippen molar-refractivity contribution < 1.29 is 24.5 Å².